The summed E-state index contributed by atoms with van der Waals surface area (Å²) in [5.41, 5.74) is 7.30. The summed E-state index contributed by atoms with van der Waals surface area (Å²) >= 11 is 0. The molecule has 0 bridgehead atoms. The zero-order chi connectivity index (χ0) is 13.9. The molecule has 0 unspecified atom stereocenters. The van der Waals surface area contributed by atoms with Gasteiger partial charge in [-0.25, -0.2) is 0 Å². The zero-order valence-electron chi connectivity index (χ0n) is 12.3. The Morgan fingerprint density at radius 1 is 1.19 bits per heavy atom. The molecule has 0 spiro atoms. The summed E-state index contributed by atoms with van der Waals surface area (Å²) in [6.45, 7) is 0.751. The lowest BCUT2D eigenvalue weighted by molar-refractivity contribution is 0.487. The molecule has 0 saturated heterocycles. The maximum Gasteiger partial charge on any atom is 0.191 e. The fourth-order valence-corrected chi connectivity index (χ4v) is 2.45. The van der Waals surface area contributed by atoms with E-state index in [1.54, 1.807) is 0 Å². The van der Waals surface area contributed by atoms with E-state index in [0.29, 0.717) is 12.0 Å². The number of aliphatic imine (C=N–C) groups is 1. The summed E-state index contributed by atoms with van der Waals surface area (Å²) < 4.78 is 0. The van der Waals surface area contributed by atoms with Crippen LogP contribution in [0.1, 0.15) is 18.4 Å². The molecule has 112 valence electrons. The smallest absolute Gasteiger partial charge is 0.191 e. The first-order chi connectivity index (χ1) is 9.74. The van der Waals surface area contributed by atoms with E-state index < -0.39 is 0 Å². The van der Waals surface area contributed by atoms with Gasteiger partial charge in [0, 0.05) is 19.6 Å². The standard InChI is InChI=1S/C17H21N3.HI/c1-20(16-8-9-16)17(18)19-11-10-13-6-7-14-4-2-3-5-15(14)12-13;/h2-7,12,16H,8-11H2,1H3,(H2,18,19);1H. The van der Waals surface area contributed by atoms with Gasteiger partial charge >= 0.3 is 0 Å². The molecule has 1 saturated carbocycles. The Kier molecular flexibility index (Phi) is 5.45. The zero-order valence-corrected chi connectivity index (χ0v) is 14.7. The molecule has 0 atom stereocenters. The molecular weight excluding hydrogens is 373 g/mol. The maximum atomic E-state index is 5.99. The number of benzene rings is 2. The van der Waals surface area contributed by atoms with E-state index in [4.69, 9.17) is 5.73 Å². The first-order valence-electron chi connectivity index (χ1n) is 7.24. The summed E-state index contributed by atoms with van der Waals surface area (Å²) in [5.74, 6) is 0.674. The highest BCUT2D eigenvalue weighted by molar-refractivity contribution is 14.0. The number of hydrogen-bond donors (Lipinski definition) is 1. The minimum absolute atomic E-state index is 0. The molecule has 21 heavy (non-hydrogen) atoms. The lowest BCUT2D eigenvalue weighted by Gasteiger charge is -2.16. The number of rotatable bonds is 4. The highest BCUT2D eigenvalue weighted by atomic mass is 127. The number of hydrogen-bond acceptors (Lipinski definition) is 1. The van der Waals surface area contributed by atoms with Crippen LogP contribution >= 0.6 is 24.0 Å². The molecule has 1 fully saturated rings. The molecule has 1 aliphatic rings. The predicted octanol–water partition coefficient (Wildman–Crippen LogP) is 3.41. The number of nitrogens with zero attached hydrogens (tertiary/aromatic N) is 2. The summed E-state index contributed by atoms with van der Waals surface area (Å²) in [6.07, 6.45) is 3.43. The predicted molar refractivity (Wildman–Crippen MR) is 100 cm³/mol. The lowest BCUT2D eigenvalue weighted by Crippen LogP contribution is -2.35. The maximum absolute atomic E-state index is 5.99. The highest BCUT2D eigenvalue weighted by Gasteiger charge is 2.27. The second kappa shape index (κ2) is 7.11. The Bertz CT molecular complexity index is 635. The largest absolute Gasteiger partial charge is 0.370 e. The molecule has 3 rings (SSSR count). The van der Waals surface area contributed by atoms with Crippen molar-refractivity contribution in [3.63, 3.8) is 0 Å². The average molecular weight is 395 g/mol. The lowest BCUT2D eigenvalue weighted by atomic mass is 10.1. The van der Waals surface area contributed by atoms with E-state index in [-0.39, 0.29) is 24.0 Å². The van der Waals surface area contributed by atoms with Crippen LogP contribution in [0.2, 0.25) is 0 Å². The third-order valence-corrected chi connectivity index (χ3v) is 3.94. The van der Waals surface area contributed by atoms with Crippen LogP contribution in [0, 0.1) is 0 Å². The molecule has 2 N–H and O–H groups in total. The van der Waals surface area contributed by atoms with Gasteiger partial charge in [0.2, 0.25) is 0 Å². The summed E-state index contributed by atoms with van der Waals surface area (Å²) in [7, 11) is 2.03. The van der Waals surface area contributed by atoms with Crippen molar-refractivity contribution in [2.75, 3.05) is 13.6 Å². The van der Waals surface area contributed by atoms with E-state index in [9.17, 15) is 0 Å². The third kappa shape index (κ3) is 4.09. The van der Waals surface area contributed by atoms with Crippen LogP contribution in [0.5, 0.6) is 0 Å². The Morgan fingerprint density at radius 2 is 1.90 bits per heavy atom. The van der Waals surface area contributed by atoms with E-state index in [1.807, 2.05) is 7.05 Å². The van der Waals surface area contributed by atoms with Gasteiger partial charge in [0.15, 0.2) is 5.96 Å². The number of fused-ring (bicyclic) bond motifs is 1. The van der Waals surface area contributed by atoms with Crippen LogP contribution in [-0.4, -0.2) is 30.5 Å². The van der Waals surface area contributed by atoms with Gasteiger partial charge in [-0.15, -0.1) is 24.0 Å². The van der Waals surface area contributed by atoms with E-state index in [2.05, 4.69) is 52.4 Å². The monoisotopic (exact) mass is 395 g/mol. The van der Waals surface area contributed by atoms with E-state index in [1.165, 1.54) is 29.2 Å². The summed E-state index contributed by atoms with van der Waals surface area (Å²) in [5, 5.41) is 2.57. The van der Waals surface area contributed by atoms with Gasteiger partial charge < -0.3 is 10.6 Å². The SMILES string of the molecule is CN(C(N)=NCCc1ccc2ccccc2c1)C1CC1.I. The van der Waals surface area contributed by atoms with Crippen molar-refractivity contribution < 1.29 is 0 Å². The van der Waals surface area contributed by atoms with Crippen LogP contribution in [0.25, 0.3) is 10.8 Å². The van der Waals surface area contributed by atoms with E-state index >= 15 is 0 Å². The normalized spacial score (nSPS) is 14.8. The Hall–Kier alpha value is -1.30. The van der Waals surface area contributed by atoms with Gasteiger partial charge in [0.05, 0.1) is 0 Å². The molecule has 0 aromatic heterocycles. The molecule has 4 heteroatoms. The fraction of sp³-hybridized carbons (Fsp3) is 0.353. The molecule has 3 nitrogen and oxygen atoms in total. The first-order valence-corrected chi connectivity index (χ1v) is 7.24. The van der Waals surface area contributed by atoms with Crippen LogP contribution in [0.3, 0.4) is 0 Å². The Labute approximate surface area is 143 Å². The summed E-state index contributed by atoms with van der Waals surface area (Å²) in [6, 6.07) is 15.7. The first kappa shape index (κ1) is 16.1. The van der Waals surface area contributed by atoms with Crippen molar-refractivity contribution in [1.82, 2.24) is 4.90 Å². The molecule has 1 aliphatic carbocycles. The second-order valence-electron chi connectivity index (χ2n) is 5.51. The quantitative estimate of drug-likeness (QED) is 0.490. The van der Waals surface area contributed by atoms with Gasteiger partial charge in [0.1, 0.15) is 0 Å². The minimum atomic E-state index is 0. The van der Waals surface area contributed by atoms with Crippen LogP contribution in [-0.2, 0) is 6.42 Å². The van der Waals surface area contributed by atoms with Crippen molar-refractivity contribution in [3.8, 4) is 0 Å². The van der Waals surface area contributed by atoms with Gasteiger partial charge in [0.25, 0.3) is 0 Å². The molecule has 0 amide bonds. The Morgan fingerprint density at radius 3 is 2.62 bits per heavy atom. The van der Waals surface area contributed by atoms with Crippen molar-refractivity contribution in [3.05, 3.63) is 48.0 Å². The molecule has 2 aromatic carbocycles. The molecule has 0 radical (unpaired) electrons. The molecular formula is C17H22IN3. The van der Waals surface area contributed by atoms with E-state index in [0.717, 1.165) is 13.0 Å². The van der Waals surface area contributed by atoms with Gasteiger partial charge in [-0.05, 0) is 35.6 Å². The highest BCUT2D eigenvalue weighted by Crippen LogP contribution is 2.24. The minimum Gasteiger partial charge on any atom is -0.370 e. The average Bonchev–Trinajstić information content (AvgIpc) is 3.31. The number of guanidine groups is 1. The van der Waals surface area contributed by atoms with Crippen LogP contribution < -0.4 is 5.73 Å². The summed E-state index contributed by atoms with van der Waals surface area (Å²) in [4.78, 5) is 6.58. The van der Waals surface area contributed by atoms with Crippen LogP contribution in [0.4, 0.5) is 0 Å². The van der Waals surface area contributed by atoms with Gasteiger partial charge in [-0.3, -0.25) is 4.99 Å². The Balaban J connectivity index is 0.00000161. The molecule has 0 aliphatic heterocycles. The van der Waals surface area contributed by atoms with Crippen molar-refractivity contribution in [2.45, 2.75) is 25.3 Å². The second-order valence-corrected chi connectivity index (χ2v) is 5.51. The molecule has 0 heterocycles. The van der Waals surface area contributed by atoms with Crippen molar-refractivity contribution in [1.29, 1.82) is 0 Å². The van der Waals surface area contributed by atoms with Gasteiger partial charge in [-0.2, -0.15) is 0 Å². The molecule has 2 aromatic rings. The fourth-order valence-electron chi connectivity index (χ4n) is 2.45. The van der Waals surface area contributed by atoms with Crippen molar-refractivity contribution >= 4 is 40.7 Å². The van der Waals surface area contributed by atoms with Crippen LogP contribution in [0.15, 0.2) is 47.5 Å². The van der Waals surface area contributed by atoms with Gasteiger partial charge in [-0.1, -0.05) is 42.5 Å². The number of halogens is 1. The number of nitrogens with two attached hydrogens (primary N) is 1. The third-order valence-electron chi connectivity index (χ3n) is 3.94. The topological polar surface area (TPSA) is 41.6 Å². The van der Waals surface area contributed by atoms with Crippen molar-refractivity contribution in [2.24, 2.45) is 10.7 Å².